The summed E-state index contributed by atoms with van der Waals surface area (Å²) in [6.07, 6.45) is 2.22. The van der Waals surface area contributed by atoms with E-state index in [4.69, 9.17) is 9.84 Å². The minimum Gasteiger partial charge on any atom is -0.480 e. The molecule has 3 N–H and O–H groups in total. The van der Waals surface area contributed by atoms with E-state index in [-0.39, 0.29) is 30.4 Å². The fraction of sp³-hybridized carbons (Fsp3) is 0.400. The third-order valence-corrected chi connectivity index (χ3v) is 6.44. The van der Waals surface area contributed by atoms with Crippen molar-refractivity contribution in [2.24, 2.45) is 5.92 Å². The molecule has 1 saturated carbocycles. The van der Waals surface area contributed by atoms with Crippen molar-refractivity contribution in [3.8, 4) is 11.1 Å². The average molecular weight is 437 g/mol. The molecule has 2 aliphatic rings. The maximum absolute atomic E-state index is 12.5. The fourth-order valence-electron chi connectivity index (χ4n) is 4.76. The van der Waals surface area contributed by atoms with Crippen LogP contribution in [0.15, 0.2) is 48.5 Å². The van der Waals surface area contributed by atoms with Crippen LogP contribution in [0.2, 0.25) is 0 Å². The van der Waals surface area contributed by atoms with Gasteiger partial charge in [-0.25, -0.2) is 4.79 Å². The first kappa shape index (κ1) is 21.9. The van der Waals surface area contributed by atoms with E-state index in [1.165, 1.54) is 18.1 Å². The number of nitrogens with one attached hydrogen (secondary N) is 2. The number of carboxylic acid groups (broad SMARTS) is 1. The lowest BCUT2D eigenvalue weighted by Crippen LogP contribution is -2.46. The molecule has 32 heavy (non-hydrogen) atoms. The first-order valence-corrected chi connectivity index (χ1v) is 11.1. The van der Waals surface area contributed by atoms with Gasteiger partial charge in [0.15, 0.2) is 0 Å². The fourth-order valence-corrected chi connectivity index (χ4v) is 4.76. The summed E-state index contributed by atoms with van der Waals surface area (Å²) in [7, 11) is 0. The van der Waals surface area contributed by atoms with E-state index in [1.54, 1.807) is 0 Å². The van der Waals surface area contributed by atoms with E-state index in [9.17, 15) is 14.4 Å². The SMILES string of the molecule is C[C@@H](NC(=O)C1CCCC(NC(=O)OCC2c3ccccc3-c3ccccc32)C1)C(=O)O. The summed E-state index contributed by atoms with van der Waals surface area (Å²) in [6.45, 7) is 1.68. The van der Waals surface area contributed by atoms with E-state index in [1.807, 2.05) is 24.3 Å². The minimum atomic E-state index is -1.07. The van der Waals surface area contributed by atoms with Crippen LogP contribution in [0, 0.1) is 5.92 Å². The van der Waals surface area contributed by atoms with Gasteiger partial charge in [-0.2, -0.15) is 0 Å². The summed E-state index contributed by atoms with van der Waals surface area (Å²) >= 11 is 0. The van der Waals surface area contributed by atoms with E-state index in [0.29, 0.717) is 12.8 Å². The zero-order valence-electron chi connectivity index (χ0n) is 18.0. The predicted octanol–water partition coefficient (Wildman–Crippen LogP) is 3.67. The highest BCUT2D eigenvalue weighted by Crippen LogP contribution is 2.44. The average Bonchev–Trinajstić information content (AvgIpc) is 3.11. The van der Waals surface area contributed by atoms with E-state index in [0.717, 1.165) is 24.0 Å². The summed E-state index contributed by atoms with van der Waals surface area (Å²) in [5.74, 6) is -1.67. The monoisotopic (exact) mass is 436 g/mol. The van der Waals surface area contributed by atoms with Crippen LogP contribution in [0.1, 0.15) is 49.7 Å². The molecule has 3 atom stereocenters. The first-order valence-electron chi connectivity index (χ1n) is 11.1. The number of fused-ring (bicyclic) bond motifs is 3. The number of aliphatic carboxylic acids is 1. The smallest absolute Gasteiger partial charge is 0.407 e. The van der Waals surface area contributed by atoms with Gasteiger partial charge in [0, 0.05) is 17.9 Å². The Hall–Kier alpha value is -3.35. The highest BCUT2D eigenvalue weighted by Gasteiger charge is 2.31. The van der Waals surface area contributed by atoms with Gasteiger partial charge in [-0.1, -0.05) is 55.0 Å². The summed E-state index contributed by atoms with van der Waals surface area (Å²) in [6, 6.07) is 15.2. The maximum Gasteiger partial charge on any atom is 0.407 e. The van der Waals surface area contributed by atoms with Gasteiger partial charge in [-0.05, 0) is 48.4 Å². The Morgan fingerprint density at radius 1 is 1.03 bits per heavy atom. The normalized spacial score (nSPS) is 20.5. The molecule has 4 rings (SSSR count). The molecular formula is C25H28N2O5. The number of hydrogen-bond donors (Lipinski definition) is 3. The third kappa shape index (κ3) is 4.61. The third-order valence-electron chi connectivity index (χ3n) is 6.44. The summed E-state index contributed by atoms with van der Waals surface area (Å²) in [5, 5.41) is 14.4. The molecule has 0 radical (unpaired) electrons. The molecule has 0 heterocycles. The number of rotatable bonds is 6. The van der Waals surface area contributed by atoms with Gasteiger partial charge in [0.1, 0.15) is 12.6 Å². The number of hydrogen-bond acceptors (Lipinski definition) is 4. The van der Waals surface area contributed by atoms with Gasteiger partial charge in [-0.15, -0.1) is 0 Å². The van der Waals surface area contributed by atoms with Gasteiger partial charge >= 0.3 is 12.1 Å². The summed E-state index contributed by atoms with van der Waals surface area (Å²) < 4.78 is 5.61. The van der Waals surface area contributed by atoms with Crippen LogP contribution in [0.3, 0.4) is 0 Å². The molecule has 0 bridgehead atoms. The van der Waals surface area contributed by atoms with Crippen LogP contribution >= 0.6 is 0 Å². The molecule has 168 valence electrons. The minimum absolute atomic E-state index is 0.00413. The molecule has 7 nitrogen and oxygen atoms in total. The molecular weight excluding hydrogens is 408 g/mol. The lowest BCUT2D eigenvalue weighted by atomic mass is 9.85. The molecule has 1 fully saturated rings. The van der Waals surface area contributed by atoms with E-state index >= 15 is 0 Å². The highest BCUT2D eigenvalue weighted by molar-refractivity contribution is 5.85. The molecule has 0 aromatic heterocycles. The second kappa shape index (κ2) is 9.42. The Morgan fingerprint density at radius 2 is 1.66 bits per heavy atom. The Labute approximate surface area is 187 Å². The predicted molar refractivity (Wildman–Crippen MR) is 119 cm³/mol. The lowest BCUT2D eigenvalue weighted by Gasteiger charge is -2.29. The number of ether oxygens (including phenoxy) is 1. The zero-order chi connectivity index (χ0) is 22.7. The number of alkyl carbamates (subject to hydrolysis) is 1. The van der Waals surface area contributed by atoms with Gasteiger partial charge in [-0.3, -0.25) is 9.59 Å². The number of benzene rings is 2. The van der Waals surface area contributed by atoms with Crippen LogP contribution in [-0.4, -0.2) is 41.8 Å². The van der Waals surface area contributed by atoms with E-state index < -0.39 is 18.1 Å². The Bertz CT molecular complexity index is 975. The first-order chi connectivity index (χ1) is 15.4. The summed E-state index contributed by atoms with van der Waals surface area (Å²) in [5.41, 5.74) is 4.66. The second-order valence-corrected chi connectivity index (χ2v) is 8.60. The number of amides is 2. The van der Waals surface area contributed by atoms with Gasteiger partial charge in [0.25, 0.3) is 0 Å². The van der Waals surface area contributed by atoms with Crippen LogP contribution in [0.5, 0.6) is 0 Å². The zero-order valence-corrected chi connectivity index (χ0v) is 18.0. The van der Waals surface area contributed by atoms with Crippen LogP contribution in [0.4, 0.5) is 4.79 Å². The number of carbonyl (C=O) groups excluding carboxylic acids is 2. The van der Waals surface area contributed by atoms with Gasteiger partial charge in [0.05, 0.1) is 0 Å². The molecule has 0 aliphatic heterocycles. The molecule has 2 aliphatic carbocycles. The topological polar surface area (TPSA) is 105 Å². The Morgan fingerprint density at radius 3 is 2.28 bits per heavy atom. The van der Waals surface area contributed by atoms with Crippen molar-refractivity contribution in [1.29, 1.82) is 0 Å². The van der Waals surface area contributed by atoms with Crippen molar-refractivity contribution in [1.82, 2.24) is 10.6 Å². The number of carboxylic acids is 1. The van der Waals surface area contributed by atoms with Crippen molar-refractivity contribution in [2.75, 3.05) is 6.61 Å². The lowest BCUT2D eigenvalue weighted by molar-refractivity contribution is -0.142. The summed E-state index contributed by atoms with van der Waals surface area (Å²) in [4.78, 5) is 35.9. The molecule has 2 unspecified atom stereocenters. The van der Waals surface area contributed by atoms with Crippen LogP contribution in [0.25, 0.3) is 11.1 Å². The van der Waals surface area contributed by atoms with Gasteiger partial charge in [0.2, 0.25) is 5.91 Å². The van der Waals surface area contributed by atoms with Crippen molar-refractivity contribution in [3.05, 3.63) is 59.7 Å². The second-order valence-electron chi connectivity index (χ2n) is 8.60. The van der Waals surface area contributed by atoms with Crippen LogP contribution in [-0.2, 0) is 14.3 Å². The molecule has 2 aromatic rings. The number of carbonyl (C=O) groups is 3. The molecule has 0 saturated heterocycles. The van der Waals surface area contributed by atoms with Gasteiger partial charge < -0.3 is 20.5 Å². The van der Waals surface area contributed by atoms with Crippen molar-refractivity contribution in [2.45, 2.75) is 50.6 Å². The van der Waals surface area contributed by atoms with Crippen molar-refractivity contribution in [3.63, 3.8) is 0 Å². The Kier molecular flexibility index (Phi) is 6.44. The van der Waals surface area contributed by atoms with Crippen LogP contribution < -0.4 is 10.6 Å². The largest absolute Gasteiger partial charge is 0.480 e. The molecule has 0 spiro atoms. The molecule has 7 heteroatoms. The van der Waals surface area contributed by atoms with Crippen molar-refractivity contribution < 1.29 is 24.2 Å². The van der Waals surface area contributed by atoms with E-state index in [2.05, 4.69) is 34.9 Å². The molecule has 2 amide bonds. The van der Waals surface area contributed by atoms with Crippen molar-refractivity contribution >= 4 is 18.0 Å². The Balaban J connectivity index is 1.33. The molecule has 2 aromatic carbocycles. The highest BCUT2D eigenvalue weighted by atomic mass is 16.5. The standard InChI is InChI=1S/C25H28N2O5/c1-15(24(29)30)26-23(28)16-7-6-8-17(13-16)27-25(31)32-14-22-20-11-4-2-9-18(20)19-10-3-5-12-21(19)22/h2-5,9-12,15-17,22H,6-8,13-14H2,1H3,(H,26,28)(H,27,31)(H,29,30)/t15-,16?,17?/m1/s1. The maximum atomic E-state index is 12.5. The quantitative estimate of drug-likeness (QED) is 0.641.